The van der Waals surface area contributed by atoms with Gasteiger partial charge in [-0.2, -0.15) is 4.31 Å². The number of rotatable bonds is 7. The average Bonchev–Trinajstić information content (AvgIpc) is 3.48. The zero-order valence-corrected chi connectivity index (χ0v) is 21.6. The third-order valence-corrected chi connectivity index (χ3v) is 9.68. The van der Waals surface area contributed by atoms with Crippen LogP contribution in [-0.4, -0.2) is 48.1 Å². The molecular formula is C25H28F3N3O3S2. The van der Waals surface area contributed by atoms with Crippen molar-refractivity contribution in [2.75, 3.05) is 19.7 Å². The lowest BCUT2D eigenvalue weighted by atomic mass is 10.0. The van der Waals surface area contributed by atoms with Gasteiger partial charge in [0.05, 0.1) is 28.6 Å². The Balaban J connectivity index is 1.48. The highest BCUT2D eigenvalue weighted by Gasteiger charge is 2.29. The second-order valence-electron chi connectivity index (χ2n) is 9.55. The lowest BCUT2D eigenvalue weighted by Gasteiger charge is -2.30. The van der Waals surface area contributed by atoms with Gasteiger partial charge in [-0.1, -0.05) is 18.7 Å². The molecular weight excluding hydrogens is 511 g/mol. The summed E-state index contributed by atoms with van der Waals surface area (Å²) in [6.45, 7) is 4.23. The number of aromatic nitrogens is 2. The van der Waals surface area contributed by atoms with Crippen LogP contribution in [0.25, 0.3) is 11.0 Å². The maximum atomic E-state index is 14.2. The molecule has 0 bridgehead atoms. The van der Waals surface area contributed by atoms with Gasteiger partial charge >= 0.3 is 0 Å². The molecule has 0 saturated carbocycles. The summed E-state index contributed by atoms with van der Waals surface area (Å²) in [5.41, 5.74) is 1.27. The number of ether oxygens (including phenoxy) is 1. The summed E-state index contributed by atoms with van der Waals surface area (Å²) in [7, 11) is -3.66. The zero-order chi connectivity index (χ0) is 25.4. The van der Waals surface area contributed by atoms with Crippen molar-refractivity contribution in [3.05, 3.63) is 53.3 Å². The minimum atomic E-state index is -3.66. The van der Waals surface area contributed by atoms with E-state index >= 15 is 0 Å². The molecule has 11 heteroatoms. The molecule has 194 valence electrons. The fourth-order valence-corrected chi connectivity index (χ4v) is 7.47. The third-order valence-electron chi connectivity index (χ3n) is 6.80. The van der Waals surface area contributed by atoms with E-state index < -0.39 is 27.5 Å². The summed E-state index contributed by atoms with van der Waals surface area (Å²) < 4.78 is 77.1. The fraction of sp³-hybridized carbons (Fsp3) is 0.480. The molecule has 2 unspecified atom stereocenters. The van der Waals surface area contributed by atoms with Crippen molar-refractivity contribution in [1.29, 1.82) is 0 Å². The van der Waals surface area contributed by atoms with Crippen molar-refractivity contribution in [1.82, 2.24) is 13.9 Å². The molecule has 3 heterocycles. The number of hydrogen-bond donors (Lipinski definition) is 0. The number of halogens is 3. The molecule has 3 aromatic rings. The smallest absolute Gasteiger partial charge is 0.243 e. The number of hydrogen-bond acceptors (Lipinski definition) is 5. The minimum Gasteiger partial charge on any atom is -0.376 e. The van der Waals surface area contributed by atoms with E-state index in [2.05, 4.69) is 11.9 Å². The van der Waals surface area contributed by atoms with E-state index in [1.54, 1.807) is 18.2 Å². The standard InChI is InChI=1S/C25H28F3N3O3S2/c1-16-4-2-8-30(13-16)36(32,33)19-6-7-24-23(11-19)29-25(31(24)14-18-5-3-9-34-18)35-15-17-10-21(27)22(28)12-20(17)26/h6-7,10-12,16,18H,2-5,8-9,13-15H2,1H3. The Kier molecular flexibility index (Phi) is 7.35. The lowest BCUT2D eigenvalue weighted by molar-refractivity contribution is 0.0960. The van der Waals surface area contributed by atoms with Crippen LogP contribution in [0.2, 0.25) is 0 Å². The molecule has 2 aromatic carbocycles. The molecule has 2 aliphatic rings. The van der Waals surface area contributed by atoms with E-state index in [1.165, 1.54) is 16.1 Å². The lowest BCUT2D eigenvalue weighted by Crippen LogP contribution is -2.39. The first-order chi connectivity index (χ1) is 17.2. The van der Waals surface area contributed by atoms with Gasteiger partial charge in [-0.15, -0.1) is 0 Å². The summed E-state index contributed by atoms with van der Waals surface area (Å²) in [6.07, 6.45) is 3.68. The van der Waals surface area contributed by atoms with E-state index in [0.717, 1.165) is 37.3 Å². The number of thioether (sulfide) groups is 1. The van der Waals surface area contributed by atoms with E-state index in [4.69, 9.17) is 4.74 Å². The van der Waals surface area contributed by atoms with Crippen molar-refractivity contribution < 1.29 is 26.3 Å². The van der Waals surface area contributed by atoms with Gasteiger partial charge in [-0.3, -0.25) is 0 Å². The SMILES string of the molecule is CC1CCCN(S(=O)(=O)c2ccc3c(c2)nc(SCc2cc(F)c(F)cc2F)n3CC2CCCO2)C1. The summed E-state index contributed by atoms with van der Waals surface area (Å²) in [5, 5.41) is 0.533. The van der Waals surface area contributed by atoms with Gasteiger partial charge in [0.15, 0.2) is 16.8 Å². The Morgan fingerprint density at radius 2 is 1.89 bits per heavy atom. The van der Waals surface area contributed by atoms with E-state index in [1.807, 2.05) is 4.57 Å². The summed E-state index contributed by atoms with van der Waals surface area (Å²) in [5.74, 6) is -2.82. The highest BCUT2D eigenvalue weighted by atomic mass is 32.2. The first-order valence-corrected chi connectivity index (χ1v) is 14.5. The van der Waals surface area contributed by atoms with Gasteiger partial charge in [0, 0.05) is 37.1 Å². The Morgan fingerprint density at radius 1 is 1.08 bits per heavy atom. The molecule has 36 heavy (non-hydrogen) atoms. The zero-order valence-electron chi connectivity index (χ0n) is 19.9. The van der Waals surface area contributed by atoms with Crippen LogP contribution in [-0.2, 0) is 27.1 Å². The summed E-state index contributed by atoms with van der Waals surface area (Å²) in [6, 6.07) is 6.33. The Morgan fingerprint density at radius 3 is 2.64 bits per heavy atom. The average molecular weight is 540 g/mol. The predicted octanol–water partition coefficient (Wildman–Crippen LogP) is 5.35. The summed E-state index contributed by atoms with van der Waals surface area (Å²) in [4.78, 5) is 4.86. The topological polar surface area (TPSA) is 64.4 Å². The number of sulfonamides is 1. The molecule has 0 N–H and O–H groups in total. The molecule has 6 nitrogen and oxygen atoms in total. The van der Waals surface area contributed by atoms with Crippen molar-refractivity contribution in [2.45, 2.75) is 61.1 Å². The van der Waals surface area contributed by atoms with Crippen molar-refractivity contribution in [2.24, 2.45) is 5.92 Å². The quantitative estimate of drug-likeness (QED) is 0.299. The third kappa shape index (κ3) is 5.16. The van der Waals surface area contributed by atoms with Gasteiger partial charge in [0.2, 0.25) is 10.0 Å². The molecule has 1 aromatic heterocycles. The van der Waals surface area contributed by atoms with Gasteiger partial charge in [0.1, 0.15) is 5.82 Å². The van der Waals surface area contributed by atoms with Crippen molar-refractivity contribution >= 4 is 32.8 Å². The van der Waals surface area contributed by atoms with Crippen LogP contribution in [0.4, 0.5) is 13.2 Å². The normalized spacial score (nSPS) is 21.4. The largest absolute Gasteiger partial charge is 0.376 e. The molecule has 5 rings (SSSR count). The van der Waals surface area contributed by atoms with E-state index in [9.17, 15) is 21.6 Å². The molecule has 0 aliphatic carbocycles. The van der Waals surface area contributed by atoms with E-state index in [0.29, 0.717) is 48.9 Å². The molecule has 2 aliphatic heterocycles. The first kappa shape index (κ1) is 25.6. The van der Waals surface area contributed by atoms with Gasteiger partial charge in [0.25, 0.3) is 0 Å². The van der Waals surface area contributed by atoms with Crippen molar-refractivity contribution in [3.8, 4) is 0 Å². The van der Waals surface area contributed by atoms with Crippen LogP contribution < -0.4 is 0 Å². The number of piperidine rings is 1. The number of nitrogens with zero attached hydrogens (tertiary/aromatic N) is 3. The van der Waals surface area contributed by atoms with Gasteiger partial charge < -0.3 is 9.30 Å². The molecule has 0 spiro atoms. The number of imidazole rings is 1. The molecule has 0 radical (unpaired) electrons. The van der Waals surface area contributed by atoms with Crippen LogP contribution in [0.15, 0.2) is 40.4 Å². The Labute approximate surface area is 212 Å². The summed E-state index contributed by atoms with van der Waals surface area (Å²) >= 11 is 1.19. The highest BCUT2D eigenvalue weighted by molar-refractivity contribution is 7.98. The molecule has 2 fully saturated rings. The van der Waals surface area contributed by atoms with Gasteiger partial charge in [-0.05, 0) is 55.9 Å². The molecule has 2 atom stereocenters. The second-order valence-corrected chi connectivity index (χ2v) is 12.4. The molecule has 2 saturated heterocycles. The van der Waals surface area contributed by atoms with E-state index in [-0.39, 0.29) is 22.3 Å². The predicted molar refractivity (Wildman–Crippen MR) is 132 cm³/mol. The second kappa shape index (κ2) is 10.4. The Hall–Kier alpha value is -2.08. The van der Waals surface area contributed by atoms with Crippen molar-refractivity contribution in [3.63, 3.8) is 0 Å². The minimum absolute atomic E-state index is 0.0139. The molecule has 0 amide bonds. The van der Waals surface area contributed by atoms with Crippen LogP contribution in [0.5, 0.6) is 0 Å². The van der Waals surface area contributed by atoms with Gasteiger partial charge in [-0.25, -0.2) is 26.6 Å². The monoisotopic (exact) mass is 539 g/mol. The highest BCUT2D eigenvalue weighted by Crippen LogP contribution is 2.32. The van der Waals surface area contributed by atoms with Crippen LogP contribution in [0, 0.1) is 23.4 Å². The Bertz CT molecular complexity index is 1370. The maximum Gasteiger partial charge on any atom is 0.243 e. The van der Waals surface area contributed by atoms with Crippen LogP contribution >= 0.6 is 11.8 Å². The van der Waals surface area contributed by atoms with Crippen LogP contribution in [0.3, 0.4) is 0 Å². The first-order valence-electron chi connectivity index (χ1n) is 12.1. The number of fused-ring (bicyclic) bond motifs is 1. The van der Waals surface area contributed by atoms with Crippen LogP contribution in [0.1, 0.15) is 38.2 Å². The maximum absolute atomic E-state index is 14.2. The fourth-order valence-electron chi connectivity index (χ4n) is 4.86. The number of benzene rings is 2.